The standard InChI is InChI=1S/C15H20N4O/c1-9-3-4-13(20-9)14-10(2)15-17-8-11-7-16-6-5-12(11)19(15)18-14/h8-9,13,16H,3-7H2,1-2H3. The van der Waals surface area contributed by atoms with Crippen molar-refractivity contribution in [3.8, 4) is 0 Å². The van der Waals surface area contributed by atoms with E-state index in [9.17, 15) is 0 Å². The monoisotopic (exact) mass is 272 g/mol. The maximum absolute atomic E-state index is 5.99. The van der Waals surface area contributed by atoms with Gasteiger partial charge in [0.25, 0.3) is 0 Å². The maximum atomic E-state index is 5.99. The van der Waals surface area contributed by atoms with E-state index in [0.29, 0.717) is 6.10 Å². The third kappa shape index (κ3) is 1.77. The van der Waals surface area contributed by atoms with Crippen molar-refractivity contribution >= 4 is 5.65 Å². The Kier molecular flexibility index (Phi) is 2.79. The number of hydrogen-bond donors (Lipinski definition) is 1. The summed E-state index contributed by atoms with van der Waals surface area (Å²) >= 11 is 0. The summed E-state index contributed by atoms with van der Waals surface area (Å²) in [4.78, 5) is 4.61. The lowest BCUT2D eigenvalue weighted by atomic mass is 10.1. The maximum Gasteiger partial charge on any atom is 0.158 e. The molecule has 0 bridgehead atoms. The normalized spacial score (nSPS) is 26.1. The van der Waals surface area contributed by atoms with E-state index in [4.69, 9.17) is 9.84 Å². The van der Waals surface area contributed by atoms with Crippen molar-refractivity contribution in [1.29, 1.82) is 0 Å². The Bertz CT molecular complexity index is 663. The van der Waals surface area contributed by atoms with E-state index in [2.05, 4.69) is 24.1 Å². The van der Waals surface area contributed by atoms with Crippen LogP contribution in [-0.4, -0.2) is 27.2 Å². The lowest BCUT2D eigenvalue weighted by molar-refractivity contribution is 0.0525. The van der Waals surface area contributed by atoms with Crippen LogP contribution in [0.1, 0.15) is 48.4 Å². The van der Waals surface area contributed by atoms with Gasteiger partial charge in [-0.2, -0.15) is 5.10 Å². The van der Waals surface area contributed by atoms with Crippen LogP contribution < -0.4 is 5.32 Å². The molecule has 2 aliphatic rings. The minimum Gasteiger partial charge on any atom is -0.369 e. The van der Waals surface area contributed by atoms with Crippen LogP contribution in [-0.2, 0) is 17.7 Å². The summed E-state index contributed by atoms with van der Waals surface area (Å²) in [6, 6.07) is 0. The Morgan fingerprint density at radius 1 is 1.40 bits per heavy atom. The first kappa shape index (κ1) is 12.3. The van der Waals surface area contributed by atoms with E-state index in [-0.39, 0.29) is 6.10 Å². The molecular formula is C15H20N4O. The Labute approximate surface area is 118 Å². The smallest absolute Gasteiger partial charge is 0.158 e. The predicted molar refractivity (Wildman–Crippen MR) is 75.7 cm³/mol. The molecule has 0 amide bonds. The van der Waals surface area contributed by atoms with E-state index in [0.717, 1.165) is 43.7 Å². The van der Waals surface area contributed by atoms with Crippen molar-refractivity contribution in [2.24, 2.45) is 0 Å². The third-order valence-electron chi connectivity index (χ3n) is 4.49. The van der Waals surface area contributed by atoms with Gasteiger partial charge in [-0.1, -0.05) is 0 Å². The molecule has 0 radical (unpaired) electrons. The highest BCUT2D eigenvalue weighted by Crippen LogP contribution is 2.34. The molecular weight excluding hydrogens is 252 g/mol. The van der Waals surface area contributed by atoms with Crippen LogP contribution in [0, 0.1) is 6.92 Å². The third-order valence-corrected chi connectivity index (χ3v) is 4.49. The molecule has 2 aliphatic heterocycles. The van der Waals surface area contributed by atoms with Gasteiger partial charge in [0.2, 0.25) is 0 Å². The van der Waals surface area contributed by atoms with Gasteiger partial charge in [0.1, 0.15) is 6.10 Å². The Morgan fingerprint density at radius 3 is 3.10 bits per heavy atom. The minimum absolute atomic E-state index is 0.143. The van der Waals surface area contributed by atoms with Crippen LogP contribution in [0.3, 0.4) is 0 Å². The van der Waals surface area contributed by atoms with Crippen molar-refractivity contribution in [3.05, 3.63) is 28.7 Å². The molecule has 0 saturated carbocycles. The summed E-state index contributed by atoms with van der Waals surface area (Å²) in [7, 11) is 0. The highest BCUT2D eigenvalue weighted by molar-refractivity contribution is 5.51. The first-order chi connectivity index (χ1) is 9.74. The average Bonchev–Trinajstić information content (AvgIpc) is 3.03. The van der Waals surface area contributed by atoms with Crippen molar-refractivity contribution in [1.82, 2.24) is 19.9 Å². The van der Waals surface area contributed by atoms with Gasteiger partial charge in [-0.15, -0.1) is 0 Å². The molecule has 0 aromatic carbocycles. The largest absolute Gasteiger partial charge is 0.369 e. The zero-order chi connectivity index (χ0) is 13.7. The van der Waals surface area contributed by atoms with Gasteiger partial charge >= 0.3 is 0 Å². The molecule has 20 heavy (non-hydrogen) atoms. The van der Waals surface area contributed by atoms with Crippen LogP contribution in [0.25, 0.3) is 5.65 Å². The zero-order valence-corrected chi connectivity index (χ0v) is 12.0. The predicted octanol–water partition coefficient (Wildman–Crippen LogP) is 1.92. The average molecular weight is 272 g/mol. The summed E-state index contributed by atoms with van der Waals surface area (Å²) in [5, 5.41) is 8.23. The van der Waals surface area contributed by atoms with Crippen molar-refractivity contribution in [2.75, 3.05) is 6.54 Å². The number of ether oxygens (including phenoxy) is 1. The molecule has 4 rings (SSSR count). The molecule has 0 aliphatic carbocycles. The molecule has 1 saturated heterocycles. The summed E-state index contributed by atoms with van der Waals surface area (Å²) in [6.45, 7) is 6.15. The first-order valence-corrected chi connectivity index (χ1v) is 7.46. The molecule has 1 N–H and O–H groups in total. The van der Waals surface area contributed by atoms with Crippen LogP contribution in [0.4, 0.5) is 0 Å². The Balaban J connectivity index is 1.85. The van der Waals surface area contributed by atoms with Gasteiger partial charge in [0.15, 0.2) is 5.65 Å². The minimum atomic E-state index is 0.143. The highest BCUT2D eigenvalue weighted by atomic mass is 16.5. The van der Waals surface area contributed by atoms with Crippen molar-refractivity contribution in [3.63, 3.8) is 0 Å². The SMILES string of the molecule is Cc1c(C2CCC(C)O2)nn2c3c(cnc12)CNCC3. The second-order valence-corrected chi connectivity index (χ2v) is 5.92. The lowest BCUT2D eigenvalue weighted by Gasteiger charge is -2.17. The number of aryl methyl sites for hydroxylation is 1. The highest BCUT2D eigenvalue weighted by Gasteiger charge is 2.29. The van der Waals surface area contributed by atoms with Gasteiger partial charge in [-0.05, 0) is 26.7 Å². The van der Waals surface area contributed by atoms with E-state index in [1.54, 1.807) is 0 Å². The molecule has 1 fully saturated rings. The zero-order valence-electron chi connectivity index (χ0n) is 12.0. The molecule has 2 aromatic rings. The lowest BCUT2D eigenvalue weighted by Crippen LogP contribution is -2.26. The summed E-state index contributed by atoms with van der Waals surface area (Å²) < 4.78 is 8.03. The first-order valence-electron chi connectivity index (χ1n) is 7.46. The summed E-state index contributed by atoms with van der Waals surface area (Å²) in [6.07, 6.45) is 5.67. The second-order valence-electron chi connectivity index (χ2n) is 5.92. The molecule has 5 heteroatoms. The van der Waals surface area contributed by atoms with Crippen molar-refractivity contribution in [2.45, 2.75) is 51.9 Å². The topological polar surface area (TPSA) is 51.5 Å². The summed E-state index contributed by atoms with van der Waals surface area (Å²) in [5.74, 6) is 0. The fraction of sp³-hybridized carbons (Fsp3) is 0.600. The molecule has 2 unspecified atom stereocenters. The van der Waals surface area contributed by atoms with E-state index < -0.39 is 0 Å². The number of aromatic nitrogens is 3. The number of nitrogens with zero attached hydrogens (tertiary/aromatic N) is 3. The number of fused-ring (bicyclic) bond motifs is 3. The van der Waals surface area contributed by atoms with Gasteiger partial charge in [-0.3, -0.25) is 0 Å². The van der Waals surface area contributed by atoms with Gasteiger partial charge < -0.3 is 10.1 Å². The van der Waals surface area contributed by atoms with Crippen LogP contribution in [0.2, 0.25) is 0 Å². The second kappa shape index (κ2) is 4.53. The fourth-order valence-electron chi connectivity index (χ4n) is 3.35. The number of hydrogen-bond acceptors (Lipinski definition) is 4. The molecule has 2 atom stereocenters. The Hall–Kier alpha value is -1.46. The number of nitrogens with one attached hydrogen (secondary N) is 1. The van der Waals surface area contributed by atoms with Crippen LogP contribution >= 0.6 is 0 Å². The van der Waals surface area contributed by atoms with E-state index in [1.165, 1.54) is 16.8 Å². The molecule has 0 spiro atoms. The van der Waals surface area contributed by atoms with Gasteiger partial charge in [0, 0.05) is 36.8 Å². The van der Waals surface area contributed by atoms with Gasteiger partial charge in [0.05, 0.1) is 17.5 Å². The van der Waals surface area contributed by atoms with Crippen molar-refractivity contribution < 1.29 is 4.74 Å². The van der Waals surface area contributed by atoms with Gasteiger partial charge in [-0.25, -0.2) is 9.50 Å². The molecule has 2 aromatic heterocycles. The molecule has 5 nitrogen and oxygen atoms in total. The van der Waals surface area contributed by atoms with E-state index >= 15 is 0 Å². The van der Waals surface area contributed by atoms with E-state index in [1.807, 2.05) is 10.7 Å². The van der Waals surface area contributed by atoms with Crippen LogP contribution in [0.15, 0.2) is 6.20 Å². The van der Waals surface area contributed by atoms with Crippen LogP contribution in [0.5, 0.6) is 0 Å². The quantitative estimate of drug-likeness (QED) is 0.861. The Morgan fingerprint density at radius 2 is 2.30 bits per heavy atom. The molecule has 106 valence electrons. The number of rotatable bonds is 1. The summed E-state index contributed by atoms with van der Waals surface area (Å²) in [5.41, 5.74) is 5.80. The fourth-order valence-corrected chi connectivity index (χ4v) is 3.35. The molecule has 4 heterocycles.